The molecule has 2 saturated carbocycles. The Bertz CT molecular complexity index is 508. The van der Waals surface area contributed by atoms with Crippen LogP contribution in [-0.4, -0.2) is 40.4 Å². The van der Waals surface area contributed by atoms with E-state index in [0.29, 0.717) is 23.2 Å². The van der Waals surface area contributed by atoms with Crippen LogP contribution in [0.1, 0.15) is 72.6 Å². The zero-order chi connectivity index (χ0) is 17.4. The summed E-state index contributed by atoms with van der Waals surface area (Å²) in [4.78, 5) is 0. The second kappa shape index (κ2) is 5.18. The number of hydrogen-bond donors (Lipinski definition) is 2. The molecule has 2 aliphatic heterocycles. The van der Waals surface area contributed by atoms with Gasteiger partial charge in [0.1, 0.15) is 11.7 Å². The molecule has 4 heteroatoms. The number of ether oxygens (including phenoxy) is 2. The topological polar surface area (TPSA) is 58.9 Å². The van der Waals surface area contributed by atoms with Crippen LogP contribution < -0.4 is 0 Å². The number of rotatable bonds is 0. The third kappa shape index (κ3) is 2.12. The standard InChI is InChI=1S/C20H34O4/c1-17(2)8-5-9-18(3)13(17)6-10-19(4)14(18)7-11-20(24-19)15(21)12-23-16(20)22/h13-16,21-22H,5-12H2,1-4H3/t13-,14+,15-,16+,18-,19+,20-/m1/s1. The first-order chi connectivity index (χ1) is 11.1. The fraction of sp³-hybridized carbons (Fsp3) is 1.00. The zero-order valence-electron chi connectivity index (χ0n) is 15.7. The Balaban J connectivity index is 1.67. The molecule has 0 amide bonds. The van der Waals surface area contributed by atoms with E-state index in [1.807, 2.05) is 0 Å². The maximum absolute atomic E-state index is 10.4. The summed E-state index contributed by atoms with van der Waals surface area (Å²) in [6, 6.07) is 0. The lowest BCUT2D eigenvalue weighted by molar-refractivity contribution is -0.315. The highest BCUT2D eigenvalue weighted by molar-refractivity contribution is 5.13. The van der Waals surface area contributed by atoms with Gasteiger partial charge in [-0.1, -0.05) is 27.2 Å². The van der Waals surface area contributed by atoms with Crippen molar-refractivity contribution in [3.63, 3.8) is 0 Å². The molecule has 4 fully saturated rings. The van der Waals surface area contributed by atoms with E-state index in [4.69, 9.17) is 9.47 Å². The summed E-state index contributed by atoms with van der Waals surface area (Å²) in [6.07, 6.45) is 6.08. The second-order valence-electron chi connectivity index (χ2n) is 10.1. The van der Waals surface area contributed by atoms with Gasteiger partial charge in [-0.15, -0.1) is 0 Å². The Morgan fingerprint density at radius 3 is 2.25 bits per heavy atom. The van der Waals surface area contributed by atoms with Gasteiger partial charge in [-0.05, 0) is 68.1 Å². The second-order valence-corrected chi connectivity index (χ2v) is 10.1. The summed E-state index contributed by atoms with van der Waals surface area (Å²) in [5, 5.41) is 20.8. The molecule has 7 atom stereocenters. The van der Waals surface area contributed by atoms with E-state index in [2.05, 4.69) is 27.7 Å². The van der Waals surface area contributed by atoms with Gasteiger partial charge in [0.25, 0.3) is 0 Å². The van der Waals surface area contributed by atoms with Crippen LogP contribution in [-0.2, 0) is 9.47 Å². The number of aliphatic hydroxyl groups is 2. The molecule has 2 aliphatic carbocycles. The summed E-state index contributed by atoms with van der Waals surface area (Å²) in [6.45, 7) is 9.77. The lowest BCUT2D eigenvalue weighted by atomic mass is 9.44. The molecule has 4 rings (SSSR count). The Morgan fingerprint density at radius 2 is 1.58 bits per heavy atom. The Hall–Kier alpha value is -0.160. The monoisotopic (exact) mass is 338 g/mol. The molecule has 2 heterocycles. The first-order valence-electron chi connectivity index (χ1n) is 9.82. The summed E-state index contributed by atoms with van der Waals surface area (Å²) in [7, 11) is 0. The van der Waals surface area contributed by atoms with Gasteiger partial charge in [0, 0.05) is 0 Å². The SMILES string of the molecule is CC1(C)CCC[C@]2(C)[C@@H]1CC[C@]1(C)O[C@]3(CC[C@@H]21)[C@H](O)CO[C@@H]3O. The Kier molecular flexibility index (Phi) is 3.73. The highest BCUT2D eigenvalue weighted by atomic mass is 16.7. The van der Waals surface area contributed by atoms with Gasteiger partial charge in [-0.2, -0.15) is 0 Å². The lowest BCUT2D eigenvalue weighted by Gasteiger charge is -2.65. The Morgan fingerprint density at radius 1 is 0.875 bits per heavy atom. The van der Waals surface area contributed by atoms with Crippen LogP contribution in [0.3, 0.4) is 0 Å². The molecule has 2 N–H and O–H groups in total. The molecule has 0 bridgehead atoms. The predicted molar refractivity (Wildman–Crippen MR) is 91.4 cm³/mol. The fourth-order valence-corrected chi connectivity index (χ4v) is 7.26. The molecular weight excluding hydrogens is 304 g/mol. The quantitative estimate of drug-likeness (QED) is 0.712. The first-order valence-corrected chi connectivity index (χ1v) is 9.82. The van der Waals surface area contributed by atoms with Crippen LogP contribution >= 0.6 is 0 Å². The molecule has 0 aromatic rings. The molecule has 2 saturated heterocycles. The van der Waals surface area contributed by atoms with Gasteiger partial charge in [-0.3, -0.25) is 0 Å². The van der Waals surface area contributed by atoms with E-state index in [1.54, 1.807) is 0 Å². The Labute approximate surface area is 145 Å². The maximum atomic E-state index is 10.4. The van der Waals surface area contributed by atoms with Gasteiger partial charge in [0.05, 0.1) is 12.2 Å². The van der Waals surface area contributed by atoms with Crippen molar-refractivity contribution in [1.29, 1.82) is 0 Å². The van der Waals surface area contributed by atoms with Crippen molar-refractivity contribution in [2.24, 2.45) is 22.7 Å². The van der Waals surface area contributed by atoms with Crippen molar-refractivity contribution in [3.8, 4) is 0 Å². The van der Waals surface area contributed by atoms with Gasteiger partial charge >= 0.3 is 0 Å². The van der Waals surface area contributed by atoms with Crippen molar-refractivity contribution >= 4 is 0 Å². The van der Waals surface area contributed by atoms with Crippen LogP contribution in [0.15, 0.2) is 0 Å². The molecule has 0 radical (unpaired) electrons. The van der Waals surface area contributed by atoms with Crippen molar-refractivity contribution in [2.75, 3.05) is 6.61 Å². The van der Waals surface area contributed by atoms with Crippen LogP contribution in [0.2, 0.25) is 0 Å². The molecule has 138 valence electrons. The van der Waals surface area contributed by atoms with Gasteiger partial charge in [0.15, 0.2) is 6.29 Å². The van der Waals surface area contributed by atoms with Gasteiger partial charge in [-0.25, -0.2) is 0 Å². The molecule has 1 spiro atoms. The third-order valence-corrected chi connectivity index (χ3v) is 8.38. The maximum Gasteiger partial charge on any atom is 0.186 e. The minimum atomic E-state index is -1.00. The normalized spacial score (nSPS) is 56.8. The van der Waals surface area contributed by atoms with E-state index < -0.39 is 18.0 Å². The van der Waals surface area contributed by atoms with Crippen LogP contribution in [0, 0.1) is 22.7 Å². The molecule has 0 aromatic heterocycles. The van der Waals surface area contributed by atoms with E-state index in [1.165, 1.54) is 25.7 Å². The molecule has 0 aromatic carbocycles. The summed E-state index contributed by atoms with van der Waals surface area (Å²) in [5.41, 5.74) is -0.490. The fourth-order valence-electron chi connectivity index (χ4n) is 7.26. The molecule has 4 aliphatic rings. The largest absolute Gasteiger partial charge is 0.387 e. The minimum Gasteiger partial charge on any atom is -0.387 e. The van der Waals surface area contributed by atoms with Crippen molar-refractivity contribution in [2.45, 2.75) is 96.2 Å². The van der Waals surface area contributed by atoms with Crippen LogP contribution in [0.5, 0.6) is 0 Å². The van der Waals surface area contributed by atoms with E-state index >= 15 is 0 Å². The summed E-state index contributed by atoms with van der Waals surface area (Å²) < 4.78 is 11.9. The van der Waals surface area contributed by atoms with E-state index in [9.17, 15) is 10.2 Å². The van der Waals surface area contributed by atoms with Gasteiger partial charge < -0.3 is 19.7 Å². The lowest BCUT2D eigenvalue weighted by Crippen LogP contribution is -2.66. The average molecular weight is 338 g/mol. The van der Waals surface area contributed by atoms with Crippen molar-refractivity contribution < 1.29 is 19.7 Å². The first kappa shape index (κ1) is 17.3. The van der Waals surface area contributed by atoms with Gasteiger partial charge in [0.2, 0.25) is 0 Å². The van der Waals surface area contributed by atoms with Crippen LogP contribution in [0.25, 0.3) is 0 Å². The van der Waals surface area contributed by atoms with Crippen molar-refractivity contribution in [1.82, 2.24) is 0 Å². The molecule has 24 heavy (non-hydrogen) atoms. The van der Waals surface area contributed by atoms with E-state index in [0.717, 1.165) is 18.8 Å². The van der Waals surface area contributed by atoms with Crippen LogP contribution in [0.4, 0.5) is 0 Å². The highest BCUT2D eigenvalue weighted by Gasteiger charge is 2.65. The highest BCUT2D eigenvalue weighted by Crippen LogP contribution is 2.66. The smallest absolute Gasteiger partial charge is 0.186 e. The summed E-state index contributed by atoms with van der Waals surface area (Å²) in [5.74, 6) is 1.23. The number of hydrogen-bond acceptors (Lipinski definition) is 4. The third-order valence-electron chi connectivity index (χ3n) is 8.38. The van der Waals surface area contributed by atoms with Crippen molar-refractivity contribution in [3.05, 3.63) is 0 Å². The molecule has 4 nitrogen and oxygen atoms in total. The molecular formula is C20H34O4. The number of aliphatic hydroxyl groups excluding tert-OH is 2. The van der Waals surface area contributed by atoms with E-state index in [-0.39, 0.29) is 12.2 Å². The number of fused-ring (bicyclic) bond motifs is 3. The average Bonchev–Trinajstić information content (AvgIpc) is 2.74. The zero-order valence-corrected chi connectivity index (χ0v) is 15.7. The minimum absolute atomic E-state index is 0.175. The summed E-state index contributed by atoms with van der Waals surface area (Å²) >= 11 is 0. The predicted octanol–water partition coefficient (Wildman–Crippen LogP) is 3.25. The molecule has 0 unspecified atom stereocenters.